The SMILES string of the molecule is c1ccc(-c2nc(-c3cc4ccccc4cc3-n3c4ccccc4c4cc5ccccc5cc43)nc(-c3cc4ccccc4c4ccccc34)n2)cc1. The van der Waals surface area contributed by atoms with Gasteiger partial charge >= 0.3 is 0 Å². The first-order valence-electron chi connectivity index (χ1n) is 17.9. The van der Waals surface area contributed by atoms with E-state index in [0.29, 0.717) is 17.5 Å². The van der Waals surface area contributed by atoms with Crippen molar-refractivity contribution in [2.45, 2.75) is 0 Å². The van der Waals surface area contributed by atoms with E-state index >= 15 is 0 Å². The van der Waals surface area contributed by atoms with Gasteiger partial charge in [-0.3, -0.25) is 0 Å². The summed E-state index contributed by atoms with van der Waals surface area (Å²) in [6, 6.07) is 64.6. The quantitative estimate of drug-likeness (QED) is 0.175. The van der Waals surface area contributed by atoms with Crippen LogP contribution >= 0.6 is 0 Å². The molecule has 9 aromatic carbocycles. The van der Waals surface area contributed by atoms with E-state index in [1.54, 1.807) is 0 Å². The van der Waals surface area contributed by atoms with Gasteiger partial charge in [0.1, 0.15) is 0 Å². The van der Waals surface area contributed by atoms with Gasteiger partial charge in [-0.25, -0.2) is 15.0 Å². The maximum absolute atomic E-state index is 5.41. The summed E-state index contributed by atoms with van der Waals surface area (Å²) in [5, 5.41) is 11.7. The lowest BCUT2D eigenvalue weighted by Gasteiger charge is -2.17. The van der Waals surface area contributed by atoms with Crippen molar-refractivity contribution < 1.29 is 0 Å². The number of hydrogen-bond donors (Lipinski definition) is 0. The van der Waals surface area contributed by atoms with Crippen molar-refractivity contribution in [2.75, 3.05) is 0 Å². The first-order chi connectivity index (χ1) is 26.3. The summed E-state index contributed by atoms with van der Waals surface area (Å²) in [6.45, 7) is 0. The molecule has 0 saturated carbocycles. The van der Waals surface area contributed by atoms with Crippen molar-refractivity contribution in [1.29, 1.82) is 0 Å². The highest BCUT2D eigenvalue weighted by Crippen LogP contribution is 2.40. The van der Waals surface area contributed by atoms with E-state index in [1.165, 1.54) is 32.3 Å². The molecule has 4 nitrogen and oxygen atoms in total. The second-order valence-electron chi connectivity index (χ2n) is 13.6. The molecule has 0 fully saturated rings. The third-order valence-corrected chi connectivity index (χ3v) is 10.6. The molecule has 11 rings (SSSR count). The summed E-state index contributed by atoms with van der Waals surface area (Å²) in [7, 11) is 0. The molecule has 0 unspecified atom stereocenters. The van der Waals surface area contributed by atoms with Gasteiger partial charge in [-0.15, -0.1) is 0 Å². The van der Waals surface area contributed by atoms with Crippen LogP contribution in [0, 0.1) is 0 Å². The number of hydrogen-bond acceptors (Lipinski definition) is 3. The normalized spacial score (nSPS) is 11.8. The van der Waals surface area contributed by atoms with Gasteiger partial charge in [0.15, 0.2) is 17.5 Å². The van der Waals surface area contributed by atoms with Crippen molar-refractivity contribution >= 4 is 64.9 Å². The third kappa shape index (κ3) is 4.73. The molecule has 0 spiro atoms. The molecule has 0 atom stereocenters. The Hall–Kier alpha value is -7.17. The van der Waals surface area contributed by atoms with E-state index in [-0.39, 0.29) is 0 Å². The monoisotopic (exact) mass is 674 g/mol. The van der Waals surface area contributed by atoms with Crippen molar-refractivity contribution in [2.24, 2.45) is 0 Å². The standard InChI is InChI=1S/C49H30N4/c1-2-14-31(15-3-1)47-50-48(42-28-36-20-8-9-21-37(36)38-22-10-11-23-39(38)42)52-49(51-47)43-27-33-17-5-7-19-35(33)30-46(43)53-44-25-13-12-24-40(44)41-26-32-16-4-6-18-34(32)29-45(41)53/h1-30H. The van der Waals surface area contributed by atoms with E-state index in [2.05, 4.69) is 168 Å². The number of rotatable bonds is 4. The minimum absolute atomic E-state index is 0.624. The Labute approximate surface area is 305 Å². The van der Waals surface area contributed by atoms with Gasteiger partial charge in [-0.05, 0) is 79.5 Å². The first kappa shape index (κ1) is 29.5. The Balaban J connectivity index is 1.26. The summed E-state index contributed by atoms with van der Waals surface area (Å²) in [4.78, 5) is 15.9. The molecule has 2 heterocycles. The highest BCUT2D eigenvalue weighted by Gasteiger charge is 2.21. The molecule has 0 aliphatic carbocycles. The first-order valence-corrected chi connectivity index (χ1v) is 17.9. The van der Waals surface area contributed by atoms with Crippen LogP contribution in [0.25, 0.3) is 105 Å². The van der Waals surface area contributed by atoms with Crippen LogP contribution in [0.4, 0.5) is 0 Å². The zero-order chi connectivity index (χ0) is 34.9. The van der Waals surface area contributed by atoms with Crippen molar-refractivity contribution in [3.63, 3.8) is 0 Å². The van der Waals surface area contributed by atoms with Crippen LogP contribution in [0.3, 0.4) is 0 Å². The number of nitrogens with zero attached hydrogens (tertiary/aromatic N) is 4. The average Bonchev–Trinajstić information content (AvgIpc) is 3.55. The van der Waals surface area contributed by atoms with Crippen LogP contribution in [0.15, 0.2) is 182 Å². The Kier molecular flexibility index (Phi) is 6.52. The van der Waals surface area contributed by atoms with Crippen LogP contribution in [0.1, 0.15) is 0 Å². The number of fused-ring (bicyclic) bond motifs is 8. The number of aromatic nitrogens is 4. The molecule has 0 radical (unpaired) electrons. The van der Waals surface area contributed by atoms with Gasteiger partial charge in [0.2, 0.25) is 0 Å². The molecule has 11 aromatic rings. The Morgan fingerprint density at radius 1 is 0.302 bits per heavy atom. The zero-order valence-electron chi connectivity index (χ0n) is 28.6. The van der Waals surface area contributed by atoms with Crippen LogP contribution in [-0.4, -0.2) is 19.5 Å². The molecule has 2 aromatic heterocycles. The zero-order valence-corrected chi connectivity index (χ0v) is 28.6. The summed E-state index contributed by atoms with van der Waals surface area (Å²) in [6.07, 6.45) is 0. The van der Waals surface area contributed by atoms with E-state index in [1.807, 2.05) is 18.2 Å². The third-order valence-electron chi connectivity index (χ3n) is 10.6. The van der Waals surface area contributed by atoms with Crippen molar-refractivity contribution in [3.05, 3.63) is 182 Å². The van der Waals surface area contributed by atoms with Gasteiger partial charge in [0.25, 0.3) is 0 Å². The second-order valence-corrected chi connectivity index (χ2v) is 13.6. The highest BCUT2D eigenvalue weighted by atomic mass is 15.1. The molecule has 53 heavy (non-hydrogen) atoms. The molecule has 0 amide bonds. The summed E-state index contributed by atoms with van der Waals surface area (Å²) in [5.41, 5.74) is 6.14. The lowest BCUT2D eigenvalue weighted by molar-refractivity contribution is 1.07. The maximum Gasteiger partial charge on any atom is 0.166 e. The van der Waals surface area contributed by atoms with Gasteiger partial charge < -0.3 is 4.57 Å². The van der Waals surface area contributed by atoms with Crippen molar-refractivity contribution in [3.8, 4) is 39.9 Å². The molecule has 0 saturated heterocycles. The predicted octanol–water partition coefficient (Wildman–Crippen LogP) is 12.6. The predicted molar refractivity (Wildman–Crippen MR) is 220 cm³/mol. The molecule has 0 bridgehead atoms. The lowest BCUT2D eigenvalue weighted by Crippen LogP contribution is -2.04. The molecule has 246 valence electrons. The van der Waals surface area contributed by atoms with E-state index < -0.39 is 0 Å². The summed E-state index contributed by atoms with van der Waals surface area (Å²) >= 11 is 0. The van der Waals surface area contributed by atoms with Crippen LogP contribution in [0.5, 0.6) is 0 Å². The van der Waals surface area contributed by atoms with Gasteiger partial charge in [0.05, 0.1) is 16.7 Å². The van der Waals surface area contributed by atoms with Gasteiger partial charge in [-0.1, -0.05) is 146 Å². The smallest absolute Gasteiger partial charge is 0.166 e. The van der Waals surface area contributed by atoms with Crippen LogP contribution in [0.2, 0.25) is 0 Å². The maximum atomic E-state index is 5.41. The highest BCUT2D eigenvalue weighted by molar-refractivity contribution is 6.15. The number of benzene rings is 9. The van der Waals surface area contributed by atoms with Gasteiger partial charge in [0, 0.05) is 27.5 Å². The van der Waals surface area contributed by atoms with Crippen LogP contribution < -0.4 is 0 Å². The average molecular weight is 675 g/mol. The van der Waals surface area contributed by atoms with Crippen LogP contribution in [-0.2, 0) is 0 Å². The lowest BCUT2D eigenvalue weighted by atomic mass is 9.96. The topological polar surface area (TPSA) is 43.6 Å². The summed E-state index contributed by atoms with van der Waals surface area (Å²) in [5.74, 6) is 1.90. The Bertz CT molecular complexity index is 3230. The van der Waals surface area contributed by atoms with E-state index in [0.717, 1.165) is 55.0 Å². The van der Waals surface area contributed by atoms with E-state index in [4.69, 9.17) is 15.0 Å². The minimum atomic E-state index is 0.624. The molecule has 0 aliphatic heterocycles. The van der Waals surface area contributed by atoms with Gasteiger partial charge in [-0.2, -0.15) is 0 Å². The fourth-order valence-electron chi connectivity index (χ4n) is 8.08. The summed E-state index contributed by atoms with van der Waals surface area (Å²) < 4.78 is 2.40. The molecular weight excluding hydrogens is 645 g/mol. The molecular formula is C49H30N4. The Morgan fingerprint density at radius 2 is 0.811 bits per heavy atom. The van der Waals surface area contributed by atoms with E-state index in [9.17, 15) is 0 Å². The molecule has 0 N–H and O–H groups in total. The Morgan fingerprint density at radius 3 is 1.57 bits per heavy atom. The largest absolute Gasteiger partial charge is 0.308 e. The number of para-hydroxylation sites is 1. The fraction of sp³-hybridized carbons (Fsp3) is 0. The molecule has 4 heteroatoms. The molecule has 0 aliphatic rings. The van der Waals surface area contributed by atoms with Crippen molar-refractivity contribution in [1.82, 2.24) is 19.5 Å². The fourth-order valence-corrected chi connectivity index (χ4v) is 8.08. The minimum Gasteiger partial charge on any atom is -0.308 e. The second kappa shape index (κ2) is 11.7.